The van der Waals surface area contributed by atoms with Gasteiger partial charge in [0.05, 0.1) is 11.4 Å². The van der Waals surface area contributed by atoms with Gasteiger partial charge in [0, 0.05) is 22.4 Å². The lowest BCUT2D eigenvalue weighted by molar-refractivity contribution is 1.17. The molecule has 1 aliphatic carbocycles. The lowest BCUT2D eigenvalue weighted by Gasteiger charge is -1.99. The molecule has 0 amide bonds. The van der Waals surface area contributed by atoms with E-state index in [-0.39, 0.29) is 0 Å². The minimum absolute atomic E-state index is 0.898. The van der Waals surface area contributed by atoms with Crippen molar-refractivity contribution in [1.82, 2.24) is 4.98 Å². The fourth-order valence-corrected chi connectivity index (χ4v) is 2.23. The summed E-state index contributed by atoms with van der Waals surface area (Å²) in [6.45, 7) is 5.73. The Hall–Kier alpha value is -0.970. The van der Waals surface area contributed by atoms with Crippen molar-refractivity contribution in [2.45, 2.75) is 13.3 Å². The Bertz CT molecular complexity index is 473. The fraction of sp³-hybridized carbons (Fsp3) is 0.167. The van der Waals surface area contributed by atoms with Gasteiger partial charge in [-0.2, -0.15) is 0 Å². The maximum atomic E-state index is 4.43. The van der Waals surface area contributed by atoms with Crippen LogP contribution in [0.1, 0.15) is 18.2 Å². The van der Waals surface area contributed by atoms with Gasteiger partial charge < -0.3 is 0 Å². The van der Waals surface area contributed by atoms with Crippen LogP contribution in [0, 0.1) is 3.57 Å². The third kappa shape index (κ3) is 1.88. The summed E-state index contributed by atoms with van der Waals surface area (Å²) in [5.74, 6) is 0. The molecule has 1 aromatic heterocycles. The Balaban J connectivity index is 2.55. The number of fused-ring (bicyclic) bond motifs is 1. The Kier molecular flexibility index (Phi) is 3.00. The summed E-state index contributed by atoms with van der Waals surface area (Å²) in [5, 5.41) is 0. The second-order valence-corrected chi connectivity index (χ2v) is 4.55. The van der Waals surface area contributed by atoms with E-state index in [1.165, 1.54) is 5.56 Å². The van der Waals surface area contributed by atoms with Gasteiger partial charge in [-0.25, -0.2) is 0 Å². The number of rotatable bonds is 2. The molecule has 0 saturated heterocycles. The summed E-state index contributed by atoms with van der Waals surface area (Å²) in [5.41, 5.74) is 4.39. The molecule has 76 valence electrons. The summed E-state index contributed by atoms with van der Waals surface area (Å²) >= 11 is 2.28. The second kappa shape index (κ2) is 4.26. The van der Waals surface area contributed by atoms with Crippen molar-refractivity contribution in [2.24, 2.45) is 4.99 Å². The van der Waals surface area contributed by atoms with Crippen LogP contribution >= 0.6 is 22.6 Å². The smallest absolute Gasteiger partial charge is 0.0925 e. The minimum atomic E-state index is 0.898. The molecular weight excluding hydrogens is 299 g/mol. The quantitative estimate of drug-likeness (QED) is 0.608. The van der Waals surface area contributed by atoms with Crippen LogP contribution in [0.2, 0.25) is 0 Å². The summed E-state index contributed by atoms with van der Waals surface area (Å²) in [7, 11) is 0. The number of aliphatic imine (C=N–C) groups is 1. The molecule has 0 N–H and O–H groups in total. The molecular formula is C12H11IN2. The summed E-state index contributed by atoms with van der Waals surface area (Å²) in [4.78, 5) is 8.80. The SMILES string of the molecule is C=CC1=C(/N=C\C)c2ncc(I)cc2C1. The standard InChI is InChI=1S/C12H11IN2/c1-3-8-5-9-6-10(13)7-15-12(9)11(8)14-4-2/h3-4,6-7H,1,5H2,2H3/b14-4-. The molecule has 15 heavy (non-hydrogen) atoms. The molecule has 2 nitrogen and oxygen atoms in total. The Morgan fingerprint density at radius 1 is 1.60 bits per heavy atom. The van der Waals surface area contributed by atoms with Crippen molar-refractivity contribution >= 4 is 34.5 Å². The molecule has 0 unspecified atom stereocenters. The first-order valence-corrected chi connectivity index (χ1v) is 5.83. The van der Waals surface area contributed by atoms with Crippen LogP contribution in [0.25, 0.3) is 5.70 Å². The van der Waals surface area contributed by atoms with Gasteiger partial charge in [-0.05, 0) is 46.7 Å². The second-order valence-electron chi connectivity index (χ2n) is 3.30. The highest BCUT2D eigenvalue weighted by Gasteiger charge is 2.20. The van der Waals surface area contributed by atoms with Gasteiger partial charge in [-0.3, -0.25) is 9.98 Å². The molecule has 0 bridgehead atoms. The van der Waals surface area contributed by atoms with Crippen molar-refractivity contribution in [1.29, 1.82) is 0 Å². The molecule has 0 saturated carbocycles. The summed E-state index contributed by atoms with van der Waals surface area (Å²) in [6, 6.07) is 2.16. The zero-order valence-electron chi connectivity index (χ0n) is 8.50. The molecule has 1 aromatic rings. The Morgan fingerprint density at radius 3 is 3.07 bits per heavy atom. The van der Waals surface area contributed by atoms with E-state index in [0.29, 0.717) is 0 Å². The predicted molar refractivity (Wildman–Crippen MR) is 71.9 cm³/mol. The zero-order chi connectivity index (χ0) is 10.8. The lowest BCUT2D eigenvalue weighted by atomic mass is 10.2. The van der Waals surface area contributed by atoms with Crippen molar-refractivity contribution in [3.05, 3.63) is 45.3 Å². The average Bonchev–Trinajstić information content (AvgIpc) is 2.56. The number of nitrogens with zero attached hydrogens (tertiary/aromatic N) is 2. The lowest BCUT2D eigenvalue weighted by Crippen LogP contribution is -1.89. The van der Waals surface area contributed by atoms with Crippen molar-refractivity contribution in [3.8, 4) is 0 Å². The van der Waals surface area contributed by atoms with E-state index in [2.05, 4.69) is 45.2 Å². The number of hydrogen-bond donors (Lipinski definition) is 0. The van der Waals surface area contributed by atoms with E-state index in [1.54, 1.807) is 6.21 Å². The molecule has 3 heteroatoms. The van der Waals surface area contributed by atoms with E-state index in [4.69, 9.17) is 0 Å². The Morgan fingerprint density at radius 2 is 2.40 bits per heavy atom. The number of aromatic nitrogens is 1. The third-order valence-electron chi connectivity index (χ3n) is 2.35. The average molecular weight is 310 g/mol. The first kappa shape index (κ1) is 10.5. The van der Waals surface area contributed by atoms with Crippen LogP contribution < -0.4 is 0 Å². The van der Waals surface area contributed by atoms with Crippen molar-refractivity contribution in [3.63, 3.8) is 0 Å². The molecule has 0 fully saturated rings. The largest absolute Gasteiger partial charge is 0.259 e. The number of hydrogen-bond acceptors (Lipinski definition) is 2. The van der Waals surface area contributed by atoms with Crippen LogP contribution in [0.15, 0.2) is 35.5 Å². The maximum Gasteiger partial charge on any atom is 0.0925 e. The summed E-state index contributed by atoms with van der Waals surface area (Å²) < 4.78 is 1.16. The third-order valence-corrected chi connectivity index (χ3v) is 2.94. The van der Waals surface area contributed by atoms with Crippen molar-refractivity contribution < 1.29 is 0 Å². The van der Waals surface area contributed by atoms with E-state index >= 15 is 0 Å². The van der Waals surface area contributed by atoms with Gasteiger partial charge in [0.2, 0.25) is 0 Å². The molecule has 1 aliphatic rings. The normalized spacial score (nSPS) is 14.8. The van der Waals surface area contributed by atoms with Gasteiger partial charge in [-0.15, -0.1) is 0 Å². The number of allylic oxidation sites excluding steroid dienone is 2. The van der Waals surface area contributed by atoms with E-state index in [0.717, 1.165) is 27.0 Å². The van der Waals surface area contributed by atoms with Gasteiger partial charge in [0.15, 0.2) is 0 Å². The molecule has 0 aromatic carbocycles. The molecule has 2 rings (SSSR count). The zero-order valence-corrected chi connectivity index (χ0v) is 10.7. The molecule has 0 spiro atoms. The maximum absolute atomic E-state index is 4.43. The highest BCUT2D eigenvalue weighted by atomic mass is 127. The molecule has 1 heterocycles. The van der Waals surface area contributed by atoms with Crippen molar-refractivity contribution in [2.75, 3.05) is 0 Å². The summed E-state index contributed by atoms with van der Waals surface area (Å²) in [6.07, 6.45) is 6.44. The predicted octanol–water partition coefficient (Wildman–Crippen LogP) is 3.23. The molecule has 0 atom stereocenters. The topological polar surface area (TPSA) is 25.2 Å². The molecule has 0 aliphatic heterocycles. The van der Waals surface area contributed by atoms with E-state index < -0.39 is 0 Å². The van der Waals surface area contributed by atoms with Gasteiger partial charge in [-0.1, -0.05) is 12.7 Å². The monoisotopic (exact) mass is 310 g/mol. The minimum Gasteiger partial charge on any atom is -0.259 e. The van der Waals surface area contributed by atoms with Crippen LogP contribution in [0.5, 0.6) is 0 Å². The Labute approximate surface area is 103 Å². The van der Waals surface area contributed by atoms with Crippen LogP contribution in [-0.2, 0) is 6.42 Å². The van der Waals surface area contributed by atoms with E-state index in [1.807, 2.05) is 19.2 Å². The van der Waals surface area contributed by atoms with Crippen LogP contribution in [-0.4, -0.2) is 11.2 Å². The highest BCUT2D eigenvalue weighted by Crippen LogP contribution is 2.33. The first-order valence-electron chi connectivity index (χ1n) is 4.75. The van der Waals surface area contributed by atoms with E-state index in [9.17, 15) is 0 Å². The number of pyridine rings is 1. The highest BCUT2D eigenvalue weighted by molar-refractivity contribution is 14.1. The molecule has 0 radical (unpaired) electrons. The van der Waals surface area contributed by atoms with Crippen LogP contribution in [0.4, 0.5) is 0 Å². The van der Waals surface area contributed by atoms with Gasteiger partial charge >= 0.3 is 0 Å². The van der Waals surface area contributed by atoms with Gasteiger partial charge in [0.25, 0.3) is 0 Å². The van der Waals surface area contributed by atoms with Gasteiger partial charge in [0.1, 0.15) is 0 Å². The van der Waals surface area contributed by atoms with Crippen LogP contribution in [0.3, 0.4) is 0 Å². The number of halogens is 1. The first-order chi connectivity index (χ1) is 7.26. The fourth-order valence-electron chi connectivity index (χ4n) is 1.71.